The van der Waals surface area contributed by atoms with Gasteiger partial charge in [-0.25, -0.2) is 23.1 Å². The minimum absolute atomic E-state index is 0.295. The highest BCUT2D eigenvalue weighted by molar-refractivity contribution is 7.11. The number of alkyl halides is 1. The number of imidazole rings is 1. The van der Waals surface area contributed by atoms with Crippen molar-refractivity contribution in [2.45, 2.75) is 32.1 Å². The first-order valence-electron chi connectivity index (χ1n) is 8.33. The van der Waals surface area contributed by atoms with Crippen LogP contribution < -0.4 is 10.6 Å². The average Bonchev–Trinajstić information content (AvgIpc) is 3.15. The van der Waals surface area contributed by atoms with Crippen LogP contribution in [0.3, 0.4) is 0 Å². The highest BCUT2D eigenvalue weighted by Gasteiger charge is 2.29. The second-order valence-corrected chi connectivity index (χ2v) is 7.85. The standard InChI is InChI=1S/C17H18F3N5S/c1-9-6-22-16(26-9)8-25-15-5-12(20)11(19)4-14(15)23-17(25)24-3-2-10(18)13(21)7-24/h4-6,10,13H,2-3,7-8,21H2,1H3/t10-,13-/m1/s1. The molecular formula is C17H18F3N5S. The van der Waals surface area contributed by atoms with Crippen molar-refractivity contribution < 1.29 is 13.2 Å². The van der Waals surface area contributed by atoms with Crippen LogP contribution >= 0.6 is 11.3 Å². The van der Waals surface area contributed by atoms with Crippen LogP contribution in [0.15, 0.2) is 18.3 Å². The molecular weight excluding hydrogens is 363 g/mol. The van der Waals surface area contributed by atoms with Crippen LogP contribution in [0.1, 0.15) is 16.3 Å². The molecule has 0 unspecified atom stereocenters. The molecule has 2 N–H and O–H groups in total. The van der Waals surface area contributed by atoms with Gasteiger partial charge in [-0.3, -0.25) is 0 Å². The van der Waals surface area contributed by atoms with Gasteiger partial charge in [0.25, 0.3) is 0 Å². The van der Waals surface area contributed by atoms with Gasteiger partial charge in [-0.1, -0.05) is 0 Å². The Balaban J connectivity index is 1.81. The highest BCUT2D eigenvalue weighted by Crippen LogP contribution is 2.29. The van der Waals surface area contributed by atoms with E-state index in [1.807, 2.05) is 11.8 Å². The molecule has 0 aliphatic carbocycles. The second-order valence-electron chi connectivity index (χ2n) is 6.53. The van der Waals surface area contributed by atoms with Gasteiger partial charge in [0.05, 0.1) is 23.6 Å². The molecule has 3 aromatic rings. The van der Waals surface area contributed by atoms with Crippen LogP contribution in [0, 0.1) is 18.6 Å². The van der Waals surface area contributed by atoms with E-state index in [0.29, 0.717) is 43.0 Å². The SMILES string of the molecule is Cc1cnc(Cn2c(N3CC[C@@H](F)[C@H](N)C3)nc3cc(F)c(F)cc32)s1. The molecule has 0 bridgehead atoms. The Morgan fingerprint density at radius 1 is 1.31 bits per heavy atom. The fourth-order valence-electron chi connectivity index (χ4n) is 3.25. The number of rotatable bonds is 3. The maximum absolute atomic E-state index is 13.8. The number of nitrogens with zero attached hydrogens (tertiary/aromatic N) is 4. The summed E-state index contributed by atoms with van der Waals surface area (Å²) >= 11 is 1.53. The number of nitrogens with two attached hydrogens (primary N) is 1. The molecule has 1 aliphatic rings. The van der Waals surface area contributed by atoms with Crippen LogP contribution in [-0.2, 0) is 6.54 Å². The van der Waals surface area contributed by atoms with Gasteiger partial charge in [0.2, 0.25) is 5.95 Å². The summed E-state index contributed by atoms with van der Waals surface area (Å²) < 4.78 is 43.0. The maximum atomic E-state index is 13.8. The molecule has 0 radical (unpaired) electrons. The molecule has 1 aromatic carbocycles. The zero-order valence-corrected chi connectivity index (χ0v) is 14.9. The van der Waals surface area contributed by atoms with E-state index in [4.69, 9.17) is 5.73 Å². The van der Waals surface area contributed by atoms with Crippen molar-refractivity contribution in [3.63, 3.8) is 0 Å². The largest absolute Gasteiger partial charge is 0.340 e. The summed E-state index contributed by atoms with van der Waals surface area (Å²) in [4.78, 5) is 11.8. The zero-order chi connectivity index (χ0) is 18.4. The minimum atomic E-state index is -1.06. The molecule has 138 valence electrons. The summed E-state index contributed by atoms with van der Waals surface area (Å²) in [5, 5.41) is 0.831. The molecule has 4 rings (SSSR count). The number of hydrogen-bond acceptors (Lipinski definition) is 5. The van der Waals surface area contributed by atoms with Crippen LogP contribution in [0.25, 0.3) is 11.0 Å². The highest BCUT2D eigenvalue weighted by atomic mass is 32.1. The number of hydrogen-bond donors (Lipinski definition) is 1. The van der Waals surface area contributed by atoms with Crippen molar-refractivity contribution >= 4 is 28.3 Å². The van der Waals surface area contributed by atoms with Crippen LogP contribution in [-0.4, -0.2) is 39.8 Å². The molecule has 0 spiro atoms. The van der Waals surface area contributed by atoms with Gasteiger partial charge in [0, 0.05) is 36.3 Å². The van der Waals surface area contributed by atoms with E-state index in [2.05, 4.69) is 9.97 Å². The molecule has 2 aromatic heterocycles. The Bertz CT molecular complexity index is 953. The molecule has 1 aliphatic heterocycles. The summed E-state index contributed by atoms with van der Waals surface area (Å²) in [6, 6.07) is 1.61. The van der Waals surface area contributed by atoms with Crippen molar-refractivity contribution in [2.75, 3.05) is 18.0 Å². The van der Waals surface area contributed by atoms with Gasteiger partial charge in [-0.2, -0.15) is 0 Å². The topological polar surface area (TPSA) is 60.0 Å². The number of aryl methyl sites for hydroxylation is 1. The predicted octanol–water partition coefficient (Wildman–Crippen LogP) is 3.00. The molecule has 9 heteroatoms. The van der Waals surface area contributed by atoms with E-state index in [9.17, 15) is 13.2 Å². The van der Waals surface area contributed by atoms with E-state index in [1.54, 1.807) is 10.8 Å². The molecule has 3 heterocycles. The molecule has 26 heavy (non-hydrogen) atoms. The van der Waals surface area contributed by atoms with Gasteiger partial charge >= 0.3 is 0 Å². The minimum Gasteiger partial charge on any atom is -0.340 e. The van der Waals surface area contributed by atoms with E-state index in [0.717, 1.165) is 22.0 Å². The smallest absolute Gasteiger partial charge is 0.207 e. The Hall–Kier alpha value is -2.13. The maximum Gasteiger partial charge on any atom is 0.207 e. The van der Waals surface area contributed by atoms with Gasteiger partial charge in [0.1, 0.15) is 11.2 Å². The van der Waals surface area contributed by atoms with Crippen molar-refractivity contribution in [2.24, 2.45) is 5.73 Å². The average molecular weight is 381 g/mol. The quantitative estimate of drug-likeness (QED) is 0.758. The van der Waals surface area contributed by atoms with E-state index >= 15 is 0 Å². The number of piperidine rings is 1. The van der Waals surface area contributed by atoms with Gasteiger partial charge in [0.15, 0.2) is 11.6 Å². The third kappa shape index (κ3) is 3.05. The number of aromatic nitrogens is 3. The number of halogens is 3. The fourth-order valence-corrected chi connectivity index (χ4v) is 4.03. The monoisotopic (exact) mass is 381 g/mol. The lowest BCUT2D eigenvalue weighted by Gasteiger charge is -2.34. The summed E-state index contributed by atoms with van der Waals surface area (Å²) in [7, 11) is 0. The Morgan fingerprint density at radius 3 is 2.77 bits per heavy atom. The Kier molecular flexibility index (Phi) is 4.36. The molecule has 5 nitrogen and oxygen atoms in total. The molecule has 1 fully saturated rings. The molecule has 0 saturated carbocycles. The lowest BCUT2D eigenvalue weighted by atomic mass is 10.1. The number of fused-ring (bicyclic) bond motifs is 1. The third-order valence-electron chi connectivity index (χ3n) is 4.59. The Labute approximate surface area is 152 Å². The molecule has 1 saturated heterocycles. The first kappa shape index (κ1) is 17.3. The van der Waals surface area contributed by atoms with Crippen LogP contribution in [0.4, 0.5) is 19.1 Å². The van der Waals surface area contributed by atoms with E-state index < -0.39 is 23.8 Å². The summed E-state index contributed by atoms with van der Waals surface area (Å²) in [5.74, 6) is -1.35. The summed E-state index contributed by atoms with van der Waals surface area (Å²) in [6.07, 6.45) is 1.01. The van der Waals surface area contributed by atoms with Crippen molar-refractivity contribution in [3.8, 4) is 0 Å². The zero-order valence-electron chi connectivity index (χ0n) is 14.1. The number of benzene rings is 1. The summed E-state index contributed by atoms with van der Waals surface area (Å²) in [5.41, 5.74) is 6.70. The second kappa shape index (κ2) is 6.55. The Morgan fingerprint density at radius 2 is 2.08 bits per heavy atom. The first-order valence-corrected chi connectivity index (χ1v) is 9.15. The van der Waals surface area contributed by atoms with Gasteiger partial charge < -0.3 is 15.2 Å². The van der Waals surface area contributed by atoms with Crippen LogP contribution in [0.5, 0.6) is 0 Å². The van der Waals surface area contributed by atoms with Crippen molar-refractivity contribution in [3.05, 3.63) is 39.8 Å². The number of thiazole rings is 1. The predicted molar refractivity (Wildman–Crippen MR) is 95.3 cm³/mol. The molecule has 2 atom stereocenters. The third-order valence-corrected chi connectivity index (χ3v) is 5.48. The van der Waals surface area contributed by atoms with Crippen LogP contribution in [0.2, 0.25) is 0 Å². The lowest BCUT2D eigenvalue weighted by molar-refractivity contribution is 0.243. The summed E-state index contributed by atoms with van der Waals surface area (Å²) in [6.45, 7) is 3.07. The fraction of sp³-hybridized carbons (Fsp3) is 0.412. The first-order chi connectivity index (χ1) is 12.4. The van der Waals surface area contributed by atoms with Gasteiger partial charge in [-0.05, 0) is 13.3 Å². The normalized spacial score (nSPS) is 20.9. The lowest BCUT2D eigenvalue weighted by Crippen LogP contribution is -2.50. The number of anilines is 1. The van der Waals surface area contributed by atoms with E-state index in [1.165, 1.54) is 11.3 Å². The van der Waals surface area contributed by atoms with Crippen molar-refractivity contribution in [1.82, 2.24) is 14.5 Å². The van der Waals surface area contributed by atoms with Crippen molar-refractivity contribution in [1.29, 1.82) is 0 Å². The van der Waals surface area contributed by atoms with E-state index in [-0.39, 0.29) is 0 Å². The molecule has 0 amide bonds. The van der Waals surface area contributed by atoms with Gasteiger partial charge in [-0.15, -0.1) is 11.3 Å².